The predicted octanol–water partition coefficient (Wildman–Crippen LogP) is 1.17. The highest BCUT2D eigenvalue weighted by Crippen LogP contribution is 2.29. The van der Waals surface area contributed by atoms with Crippen LogP contribution in [0.5, 0.6) is 5.75 Å². The van der Waals surface area contributed by atoms with Gasteiger partial charge in [-0.3, -0.25) is 4.79 Å². The van der Waals surface area contributed by atoms with E-state index < -0.39 is 10.0 Å². The maximum atomic E-state index is 12.6. The van der Waals surface area contributed by atoms with Gasteiger partial charge in [0.2, 0.25) is 15.8 Å². The highest BCUT2D eigenvalue weighted by atomic mass is 32.2. The fourth-order valence-electron chi connectivity index (χ4n) is 3.43. The van der Waals surface area contributed by atoms with Gasteiger partial charge in [0.1, 0.15) is 5.75 Å². The first-order valence-corrected chi connectivity index (χ1v) is 11.3. The van der Waals surface area contributed by atoms with Gasteiger partial charge in [-0.1, -0.05) is 19.6 Å². The molecule has 1 saturated heterocycles. The number of carbonyl (C=O) groups excluding carboxylic acids is 1. The number of nitrogens with zero attached hydrogens (tertiary/aromatic N) is 4. The number of aryl methyl sites for hydroxylation is 2. The molecule has 0 atom stereocenters. The number of hydrogen-bond acceptors (Lipinski definition) is 7. The first-order valence-electron chi connectivity index (χ1n) is 9.75. The largest absolute Gasteiger partial charge is 0.483 e. The highest BCUT2D eigenvalue weighted by Gasteiger charge is 2.25. The van der Waals surface area contributed by atoms with Crippen LogP contribution in [0.1, 0.15) is 30.9 Å². The second kappa shape index (κ2) is 9.35. The van der Waals surface area contributed by atoms with Crippen molar-refractivity contribution in [2.24, 2.45) is 0 Å². The Morgan fingerprint density at radius 1 is 1.40 bits per heavy atom. The first kappa shape index (κ1) is 21.9. The van der Waals surface area contributed by atoms with Gasteiger partial charge in [0, 0.05) is 30.1 Å². The van der Waals surface area contributed by atoms with Crippen molar-refractivity contribution in [3.8, 4) is 17.1 Å². The molecule has 0 bridgehead atoms. The van der Waals surface area contributed by atoms with Crippen LogP contribution in [-0.2, 0) is 21.2 Å². The van der Waals surface area contributed by atoms with E-state index in [1.165, 1.54) is 0 Å². The van der Waals surface area contributed by atoms with Crippen LogP contribution in [0.4, 0.5) is 0 Å². The quantitative estimate of drug-likeness (QED) is 0.638. The van der Waals surface area contributed by atoms with Crippen LogP contribution >= 0.6 is 0 Å². The molecular formula is C19H26N6O4S. The summed E-state index contributed by atoms with van der Waals surface area (Å²) in [4.78, 5) is 14.3. The molecule has 2 N–H and O–H groups in total. The number of carbonyl (C=O) groups is 1. The van der Waals surface area contributed by atoms with E-state index in [-0.39, 0.29) is 18.6 Å². The molecular weight excluding hydrogens is 408 g/mol. The molecule has 162 valence electrons. The van der Waals surface area contributed by atoms with Crippen molar-refractivity contribution in [3.63, 3.8) is 0 Å². The summed E-state index contributed by atoms with van der Waals surface area (Å²) in [6, 6.07) is 3.64. The summed E-state index contributed by atoms with van der Waals surface area (Å²) in [7, 11) is -3.47. The second-order valence-corrected chi connectivity index (χ2v) is 8.80. The van der Waals surface area contributed by atoms with E-state index in [9.17, 15) is 13.2 Å². The molecule has 0 unspecified atom stereocenters. The third kappa shape index (κ3) is 5.22. The molecule has 10 nitrogen and oxygen atoms in total. The number of aromatic nitrogens is 4. The maximum Gasteiger partial charge on any atom is 0.260 e. The molecule has 30 heavy (non-hydrogen) atoms. The smallest absolute Gasteiger partial charge is 0.260 e. The zero-order valence-corrected chi connectivity index (χ0v) is 17.9. The van der Waals surface area contributed by atoms with Crippen LogP contribution in [0.3, 0.4) is 0 Å². The summed E-state index contributed by atoms with van der Waals surface area (Å²) in [5, 5.41) is 15.0. The van der Waals surface area contributed by atoms with Crippen LogP contribution in [0.25, 0.3) is 11.4 Å². The van der Waals surface area contributed by atoms with Gasteiger partial charge in [-0.2, -0.15) is 5.21 Å². The molecule has 1 aliphatic rings. The molecule has 3 rings (SSSR count). The number of aromatic amines is 1. The van der Waals surface area contributed by atoms with Gasteiger partial charge in [0.15, 0.2) is 6.61 Å². The zero-order chi connectivity index (χ0) is 21.7. The lowest BCUT2D eigenvalue weighted by Gasteiger charge is -2.32. The van der Waals surface area contributed by atoms with Crippen LogP contribution in [0.15, 0.2) is 24.1 Å². The summed E-state index contributed by atoms with van der Waals surface area (Å²) in [5.74, 6) is 0.948. The fraction of sp³-hybridized carbons (Fsp3) is 0.474. The number of ether oxygens (including phenoxy) is 1. The third-order valence-corrected chi connectivity index (χ3v) is 6.22. The SMILES string of the molecule is C=CS(=O)(=O)NC1CCN(C(=O)COc2cc(-c3nn[nH]n3)c(C)cc2CC)CC1. The second-order valence-electron chi connectivity index (χ2n) is 7.14. The van der Waals surface area contributed by atoms with Crippen molar-refractivity contribution in [1.29, 1.82) is 0 Å². The molecule has 0 spiro atoms. The normalized spacial score (nSPS) is 15.2. The number of tetrazole rings is 1. The molecule has 1 aromatic carbocycles. The van der Waals surface area contributed by atoms with Crippen LogP contribution < -0.4 is 9.46 Å². The minimum Gasteiger partial charge on any atom is -0.483 e. The predicted molar refractivity (Wildman–Crippen MR) is 111 cm³/mol. The van der Waals surface area contributed by atoms with Gasteiger partial charge in [-0.25, -0.2) is 13.1 Å². The number of sulfonamides is 1. The van der Waals surface area contributed by atoms with Crippen molar-refractivity contribution in [2.45, 2.75) is 39.2 Å². The molecule has 1 aliphatic heterocycles. The summed E-state index contributed by atoms with van der Waals surface area (Å²) >= 11 is 0. The molecule has 11 heteroatoms. The van der Waals surface area contributed by atoms with Crippen molar-refractivity contribution in [1.82, 2.24) is 30.2 Å². The number of rotatable bonds is 8. The number of piperidine rings is 1. The van der Waals surface area contributed by atoms with Crippen molar-refractivity contribution in [3.05, 3.63) is 35.2 Å². The fourth-order valence-corrected chi connectivity index (χ4v) is 4.23. The Kier molecular flexibility index (Phi) is 6.83. The molecule has 1 fully saturated rings. The molecule has 1 aromatic heterocycles. The lowest BCUT2D eigenvalue weighted by atomic mass is 10.0. The third-order valence-electron chi connectivity index (χ3n) is 5.12. The Bertz CT molecular complexity index is 998. The summed E-state index contributed by atoms with van der Waals surface area (Å²) in [6.45, 7) is 8.12. The van der Waals surface area contributed by atoms with Crippen LogP contribution in [0.2, 0.25) is 0 Å². The first-order chi connectivity index (χ1) is 14.3. The Morgan fingerprint density at radius 3 is 2.73 bits per heavy atom. The topological polar surface area (TPSA) is 130 Å². The lowest BCUT2D eigenvalue weighted by molar-refractivity contribution is -0.134. The minimum absolute atomic E-state index is 0.0925. The standard InChI is InChI=1S/C19H26N6O4S/c1-4-14-10-13(3)16(19-20-23-24-21-19)11-17(14)29-12-18(26)25-8-6-15(7-9-25)22-30(27,28)5-2/h5,10-11,15,22H,2,4,6-9,12H2,1,3H3,(H,20,21,23,24). The zero-order valence-electron chi connectivity index (χ0n) is 17.1. The highest BCUT2D eigenvalue weighted by molar-refractivity contribution is 7.92. The van der Waals surface area contributed by atoms with E-state index in [4.69, 9.17) is 4.74 Å². The van der Waals surface area contributed by atoms with Gasteiger partial charge in [0.25, 0.3) is 5.91 Å². The number of nitrogens with one attached hydrogen (secondary N) is 2. The Balaban J connectivity index is 1.61. The molecule has 1 amide bonds. The Hall–Kier alpha value is -2.79. The van der Waals surface area contributed by atoms with Gasteiger partial charge in [-0.05, 0) is 48.6 Å². The Labute approximate surface area is 175 Å². The van der Waals surface area contributed by atoms with Gasteiger partial charge in [-0.15, -0.1) is 10.2 Å². The van der Waals surface area contributed by atoms with E-state index in [0.29, 0.717) is 37.5 Å². The van der Waals surface area contributed by atoms with Gasteiger partial charge in [0.05, 0.1) is 0 Å². The number of amides is 1. The van der Waals surface area contributed by atoms with E-state index in [1.54, 1.807) is 4.90 Å². The van der Waals surface area contributed by atoms with Crippen LogP contribution in [-0.4, -0.2) is 65.6 Å². The monoisotopic (exact) mass is 434 g/mol. The average Bonchev–Trinajstić information content (AvgIpc) is 3.27. The average molecular weight is 435 g/mol. The van der Waals surface area contributed by atoms with E-state index >= 15 is 0 Å². The number of H-pyrrole nitrogens is 1. The molecule has 0 aliphatic carbocycles. The molecule has 2 heterocycles. The Morgan fingerprint density at radius 2 is 2.13 bits per heavy atom. The number of likely N-dealkylation sites (tertiary alicyclic amines) is 1. The summed E-state index contributed by atoms with van der Waals surface area (Å²) in [5.41, 5.74) is 2.78. The maximum absolute atomic E-state index is 12.6. The number of hydrogen-bond donors (Lipinski definition) is 2. The molecule has 2 aromatic rings. The lowest BCUT2D eigenvalue weighted by Crippen LogP contribution is -2.47. The van der Waals surface area contributed by atoms with E-state index in [0.717, 1.165) is 28.5 Å². The van der Waals surface area contributed by atoms with Crippen molar-refractivity contribution < 1.29 is 17.9 Å². The van der Waals surface area contributed by atoms with E-state index in [2.05, 4.69) is 31.9 Å². The molecule has 0 radical (unpaired) electrons. The van der Waals surface area contributed by atoms with Crippen molar-refractivity contribution >= 4 is 15.9 Å². The van der Waals surface area contributed by atoms with Crippen molar-refractivity contribution in [2.75, 3.05) is 19.7 Å². The summed E-state index contributed by atoms with van der Waals surface area (Å²) < 4.78 is 31.6. The minimum atomic E-state index is -3.47. The van der Waals surface area contributed by atoms with Gasteiger partial charge >= 0.3 is 0 Å². The van der Waals surface area contributed by atoms with Gasteiger partial charge < -0.3 is 9.64 Å². The molecule has 0 saturated carbocycles. The number of benzene rings is 1. The van der Waals surface area contributed by atoms with Crippen LogP contribution in [0, 0.1) is 6.92 Å². The van der Waals surface area contributed by atoms with E-state index in [1.807, 2.05) is 26.0 Å². The summed E-state index contributed by atoms with van der Waals surface area (Å²) in [6.07, 6.45) is 1.85.